The van der Waals surface area contributed by atoms with Crippen LogP contribution in [0.25, 0.3) is 0 Å². The fourth-order valence-corrected chi connectivity index (χ4v) is 1.59. The highest BCUT2D eigenvalue weighted by Crippen LogP contribution is 2.32. The van der Waals surface area contributed by atoms with E-state index in [4.69, 9.17) is 0 Å². The Morgan fingerprint density at radius 1 is 0.667 bits per heavy atom. The maximum Gasteiger partial charge on any atom is 0.000275 e. The molecular weight excluding hydrogens is 182 g/mol. The third kappa shape index (κ3) is 8.92. The van der Waals surface area contributed by atoms with Crippen molar-refractivity contribution >= 4 is 0 Å². The minimum absolute atomic E-state index is 0.508. The minimum Gasteiger partial charge on any atom is -0.316 e. The van der Waals surface area contributed by atoms with Gasteiger partial charge < -0.3 is 5.32 Å². The molecule has 0 amide bonds. The van der Waals surface area contributed by atoms with Gasteiger partial charge in [0.2, 0.25) is 0 Å². The van der Waals surface area contributed by atoms with Crippen molar-refractivity contribution in [2.24, 2.45) is 10.8 Å². The van der Waals surface area contributed by atoms with Crippen LogP contribution in [-0.2, 0) is 0 Å². The van der Waals surface area contributed by atoms with E-state index in [2.05, 4.69) is 33.0 Å². The Hall–Kier alpha value is -0.0400. The van der Waals surface area contributed by atoms with Gasteiger partial charge in [-0.1, -0.05) is 55.4 Å². The van der Waals surface area contributed by atoms with E-state index < -0.39 is 0 Å². The van der Waals surface area contributed by atoms with Crippen molar-refractivity contribution < 1.29 is 0 Å². The predicted octanol–water partition coefficient (Wildman–Crippen LogP) is 4.47. The second kappa shape index (κ2) is 8.15. The van der Waals surface area contributed by atoms with Crippen molar-refractivity contribution in [3.8, 4) is 0 Å². The molecule has 1 rings (SSSR count). The molecule has 0 aromatic carbocycles. The maximum absolute atomic E-state index is 3.53. The summed E-state index contributed by atoms with van der Waals surface area (Å²) in [6.45, 7) is 19.7. The quantitative estimate of drug-likeness (QED) is 0.628. The van der Waals surface area contributed by atoms with E-state index >= 15 is 0 Å². The molecule has 0 spiro atoms. The van der Waals surface area contributed by atoms with Crippen LogP contribution in [0.5, 0.6) is 0 Å². The van der Waals surface area contributed by atoms with E-state index in [-0.39, 0.29) is 0 Å². The molecule has 1 nitrogen and oxygen atoms in total. The molecule has 0 saturated carbocycles. The average molecular weight is 215 g/mol. The number of hydrogen-bond donors (Lipinski definition) is 1. The van der Waals surface area contributed by atoms with Crippen molar-refractivity contribution in [1.29, 1.82) is 0 Å². The molecule has 1 aliphatic heterocycles. The van der Waals surface area contributed by atoms with E-state index in [1.165, 1.54) is 25.9 Å². The molecule has 0 aromatic heterocycles. The largest absolute Gasteiger partial charge is 0.316 e. The van der Waals surface area contributed by atoms with Gasteiger partial charge in [-0.05, 0) is 23.7 Å². The lowest BCUT2D eigenvalue weighted by Crippen LogP contribution is -2.30. The topological polar surface area (TPSA) is 12.0 Å². The van der Waals surface area contributed by atoms with Crippen LogP contribution in [0.2, 0.25) is 0 Å². The Kier molecular flexibility index (Phi) is 9.43. The lowest BCUT2D eigenvalue weighted by atomic mass is 9.81. The van der Waals surface area contributed by atoms with Crippen LogP contribution >= 0.6 is 0 Å². The second-order valence-corrected chi connectivity index (χ2v) is 5.43. The highest BCUT2D eigenvalue weighted by Gasteiger charge is 2.27. The fraction of sp³-hybridized carbons (Fsp3) is 1.00. The summed E-state index contributed by atoms with van der Waals surface area (Å²) in [7, 11) is 0. The van der Waals surface area contributed by atoms with Gasteiger partial charge >= 0.3 is 0 Å². The Labute approximate surface area is 98.0 Å². The molecule has 1 fully saturated rings. The molecule has 1 saturated heterocycles. The van der Waals surface area contributed by atoms with Crippen LogP contribution in [0.15, 0.2) is 0 Å². The highest BCUT2D eigenvalue weighted by molar-refractivity contribution is 4.83. The first-order valence-corrected chi connectivity index (χ1v) is 6.62. The van der Waals surface area contributed by atoms with Crippen molar-refractivity contribution in [3.05, 3.63) is 0 Å². The first kappa shape index (κ1) is 17.4. The summed E-state index contributed by atoms with van der Waals surface area (Å²) in [6, 6.07) is 0. The van der Waals surface area contributed by atoms with E-state index in [0.29, 0.717) is 10.8 Å². The van der Waals surface area contributed by atoms with Gasteiger partial charge in [0.1, 0.15) is 0 Å². The van der Waals surface area contributed by atoms with Gasteiger partial charge in [-0.2, -0.15) is 0 Å². The van der Waals surface area contributed by atoms with Gasteiger partial charge in [-0.15, -0.1) is 0 Å². The van der Waals surface area contributed by atoms with Crippen LogP contribution < -0.4 is 5.32 Å². The smallest absolute Gasteiger partial charge is 0.000275 e. The SMILES string of the molecule is CC.CC.CC1(C)CCC(C)(C)CNC1. The molecule has 0 aliphatic carbocycles. The van der Waals surface area contributed by atoms with E-state index in [0.717, 1.165) is 0 Å². The maximum atomic E-state index is 3.53. The van der Waals surface area contributed by atoms with Gasteiger partial charge in [0.15, 0.2) is 0 Å². The summed E-state index contributed by atoms with van der Waals surface area (Å²) < 4.78 is 0. The third-order valence-electron chi connectivity index (χ3n) is 2.69. The third-order valence-corrected chi connectivity index (χ3v) is 2.69. The average Bonchev–Trinajstić information content (AvgIpc) is 2.32. The van der Waals surface area contributed by atoms with Crippen molar-refractivity contribution in [1.82, 2.24) is 5.32 Å². The van der Waals surface area contributed by atoms with Gasteiger partial charge in [-0.3, -0.25) is 0 Å². The zero-order chi connectivity index (χ0) is 12.5. The van der Waals surface area contributed by atoms with Crippen molar-refractivity contribution in [3.63, 3.8) is 0 Å². The summed E-state index contributed by atoms with van der Waals surface area (Å²) in [5, 5.41) is 3.53. The molecule has 0 aromatic rings. The first-order chi connectivity index (χ1) is 6.91. The molecule has 1 heterocycles. The Morgan fingerprint density at radius 2 is 0.933 bits per heavy atom. The Bertz CT molecular complexity index is 120. The lowest BCUT2D eigenvalue weighted by Gasteiger charge is -2.23. The van der Waals surface area contributed by atoms with Crippen LogP contribution in [0.1, 0.15) is 68.2 Å². The van der Waals surface area contributed by atoms with Crippen LogP contribution in [0.4, 0.5) is 0 Å². The standard InChI is InChI=1S/C10H21N.2C2H6/c1-9(2)5-6-10(3,4)8-11-7-9;2*1-2/h11H,5-8H2,1-4H3;2*1-2H3. The zero-order valence-electron chi connectivity index (χ0n) is 12.3. The zero-order valence-corrected chi connectivity index (χ0v) is 12.3. The predicted molar refractivity (Wildman–Crippen MR) is 72.4 cm³/mol. The second-order valence-electron chi connectivity index (χ2n) is 5.43. The lowest BCUT2D eigenvalue weighted by molar-refractivity contribution is 0.295. The summed E-state index contributed by atoms with van der Waals surface area (Å²) in [5.74, 6) is 0. The number of rotatable bonds is 0. The Morgan fingerprint density at radius 3 is 1.20 bits per heavy atom. The Balaban J connectivity index is 0. The summed E-state index contributed by atoms with van der Waals surface area (Å²) in [4.78, 5) is 0. The molecule has 0 atom stereocenters. The first-order valence-electron chi connectivity index (χ1n) is 6.62. The summed E-state index contributed by atoms with van der Waals surface area (Å²) in [5.41, 5.74) is 1.02. The molecule has 94 valence electrons. The number of nitrogens with one attached hydrogen (secondary N) is 1. The normalized spacial score (nSPS) is 22.4. The van der Waals surface area contributed by atoms with Crippen LogP contribution in [0, 0.1) is 10.8 Å². The van der Waals surface area contributed by atoms with Gasteiger partial charge in [0, 0.05) is 13.1 Å². The molecule has 1 N–H and O–H groups in total. The van der Waals surface area contributed by atoms with E-state index in [9.17, 15) is 0 Å². The van der Waals surface area contributed by atoms with Crippen LogP contribution in [0.3, 0.4) is 0 Å². The van der Waals surface area contributed by atoms with E-state index in [1.807, 2.05) is 27.7 Å². The number of hydrogen-bond acceptors (Lipinski definition) is 1. The molecule has 15 heavy (non-hydrogen) atoms. The monoisotopic (exact) mass is 215 g/mol. The van der Waals surface area contributed by atoms with Crippen molar-refractivity contribution in [2.45, 2.75) is 68.2 Å². The molecule has 0 unspecified atom stereocenters. The molecule has 0 radical (unpaired) electrons. The van der Waals surface area contributed by atoms with Gasteiger partial charge in [-0.25, -0.2) is 0 Å². The van der Waals surface area contributed by atoms with E-state index in [1.54, 1.807) is 0 Å². The van der Waals surface area contributed by atoms with Crippen LogP contribution in [-0.4, -0.2) is 13.1 Å². The molecule has 1 aliphatic rings. The summed E-state index contributed by atoms with van der Waals surface area (Å²) >= 11 is 0. The molecule has 1 heteroatoms. The highest BCUT2D eigenvalue weighted by atomic mass is 14.9. The minimum atomic E-state index is 0.508. The summed E-state index contributed by atoms with van der Waals surface area (Å²) in [6.07, 6.45) is 2.71. The van der Waals surface area contributed by atoms with Gasteiger partial charge in [0.25, 0.3) is 0 Å². The van der Waals surface area contributed by atoms with Crippen molar-refractivity contribution in [2.75, 3.05) is 13.1 Å². The molecular formula is C14H33N. The fourth-order valence-electron chi connectivity index (χ4n) is 1.59. The van der Waals surface area contributed by atoms with Gasteiger partial charge in [0.05, 0.1) is 0 Å². The molecule has 0 bridgehead atoms.